The summed E-state index contributed by atoms with van der Waals surface area (Å²) >= 11 is 0. The largest absolute Gasteiger partial charge is 0.377 e. The van der Waals surface area contributed by atoms with Crippen LogP contribution in [0.3, 0.4) is 0 Å². The first-order valence-corrected chi connectivity index (χ1v) is 10.4. The number of likely N-dealkylation sites (tertiary alicyclic amines) is 1. The average Bonchev–Trinajstić information content (AvgIpc) is 3.47. The number of nitrogens with one attached hydrogen (secondary N) is 2. The van der Waals surface area contributed by atoms with E-state index in [-0.39, 0.29) is 17.6 Å². The van der Waals surface area contributed by atoms with E-state index in [2.05, 4.69) is 36.3 Å². The lowest BCUT2D eigenvalue weighted by Gasteiger charge is -2.38. The molecular formula is C21H32N4O3. The maximum absolute atomic E-state index is 12.7. The van der Waals surface area contributed by atoms with Crippen molar-refractivity contribution in [3.05, 3.63) is 33.9 Å². The van der Waals surface area contributed by atoms with Gasteiger partial charge in [0.15, 0.2) is 0 Å². The van der Waals surface area contributed by atoms with Crippen LogP contribution in [-0.4, -0.2) is 47.4 Å². The van der Waals surface area contributed by atoms with Crippen LogP contribution in [0.4, 0.5) is 11.4 Å². The minimum absolute atomic E-state index is 0.0371. The molecule has 1 atom stereocenters. The van der Waals surface area contributed by atoms with Gasteiger partial charge in [-0.05, 0) is 62.7 Å². The van der Waals surface area contributed by atoms with Gasteiger partial charge in [0.2, 0.25) is 0 Å². The van der Waals surface area contributed by atoms with Gasteiger partial charge in [-0.1, -0.05) is 20.8 Å². The molecule has 154 valence electrons. The van der Waals surface area contributed by atoms with Gasteiger partial charge in [-0.3, -0.25) is 19.8 Å². The third-order valence-electron chi connectivity index (χ3n) is 5.92. The quantitative estimate of drug-likeness (QED) is 0.524. The normalized spacial score (nSPS) is 19.4. The summed E-state index contributed by atoms with van der Waals surface area (Å²) in [7, 11) is 0. The topological polar surface area (TPSA) is 87.5 Å². The van der Waals surface area contributed by atoms with Crippen LogP contribution < -0.4 is 10.6 Å². The van der Waals surface area contributed by atoms with E-state index in [1.165, 1.54) is 18.9 Å². The fourth-order valence-electron chi connectivity index (χ4n) is 3.84. The fraction of sp³-hybridized carbons (Fsp3) is 0.667. The average molecular weight is 389 g/mol. The van der Waals surface area contributed by atoms with Gasteiger partial charge >= 0.3 is 0 Å². The van der Waals surface area contributed by atoms with Gasteiger partial charge in [0.1, 0.15) is 5.69 Å². The molecule has 1 aliphatic carbocycles. The van der Waals surface area contributed by atoms with Gasteiger partial charge in [-0.25, -0.2) is 0 Å². The number of hydrogen-bond donors (Lipinski definition) is 2. The molecule has 7 nitrogen and oxygen atoms in total. The second kappa shape index (κ2) is 8.90. The predicted molar refractivity (Wildman–Crippen MR) is 111 cm³/mol. The number of anilines is 1. The van der Waals surface area contributed by atoms with Crippen molar-refractivity contribution < 1.29 is 9.72 Å². The standard InChI is InChI=1S/C21H32N4O3/c1-14(2)20(24-10-8-15(3)9-11-24)13-22-21(26)16-4-7-18(23-17-5-6-17)19(12-16)25(27)28/h4,7,12,14-15,17,20,23H,5-6,8-11,13H2,1-3H3,(H,22,26). The number of nitrogens with zero attached hydrogens (tertiary/aromatic N) is 2. The third kappa shape index (κ3) is 5.22. The lowest BCUT2D eigenvalue weighted by atomic mass is 9.94. The Morgan fingerprint density at radius 3 is 2.50 bits per heavy atom. The van der Waals surface area contributed by atoms with E-state index in [1.54, 1.807) is 12.1 Å². The van der Waals surface area contributed by atoms with E-state index in [1.807, 2.05) is 0 Å². The van der Waals surface area contributed by atoms with Crippen molar-refractivity contribution in [2.75, 3.05) is 25.0 Å². The number of carbonyl (C=O) groups is 1. The summed E-state index contributed by atoms with van der Waals surface area (Å²) in [6, 6.07) is 5.30. The number of benzene rings is 1. The number of piperidine rings is 1. The molecule has 0 spiro atoms. The van der Waals surface area contributed by atoms with Crippen LogP contribution >= 0.6 is 0 Å². The van der Waals surface area contributed by atoms with Crippen molar-refractivity contribution in [2.24, 2.45) is 11.8 Å². The third-order valence-corrected chi connectivity index (χ3v) is 5.92. The van der Waals surface area contributed by atoms with Crippen molar-refractivity contribution in [1.29, 1.82) is 0 Å². The van der Waals surface area contributed by atoms with Crippen molar-refractivity contribution >= 4 is 17.3 Å². The van der Waals surface area contributed by atoms with E-state index in [4.69, 9.17) is 0 Å². The second-order valence-corrected chi connectivity index (χ2v) is 8.65. The highest BCUT2D eigenvalue weighted by Crippen LogP contribution is 2.31. The first-order valence-electron chi connectivity index (χ1n) is 10.4. The summed E-state index contributed by atoms with van der Waals surface area (Å²) < 4.78 is 0. The Kier molecular flexibility index (Phi) is 6.54. The first-order chi connectivity index (χ1) is 13.3. The van der Waals surface area contributed by atoms with Crippen molar-refractivity contribution in [2.45, 2.75) is 58.5 Å². The molecule has 2 aliphatic rings. The van der Waals surface area contributed by atoms with Gasteiger partial charge < -0.3 is 10.6 Å². The lowest BCUT2D eigenvalue weighted by Crippen LogP contribution is -2.49. The van der Waals surface area contributed by atoms with Crippen LogP contribution in [0.2, 0.25) is 0 Å². The summed E-state index contributed by atoms with van der Waals surface area (Å²) in [4.78, 5) is 26.1. The van der Waals surface area contributed by atoms with Gasteiger partial charge in [-0.2, -0.15) is 0 Å². The Labute approximate surface area is 167 Å². The molecule has 0 radical (unpaired) electrons. The van der Waals surface area contributed by atoms with E-state index >= 15 is 0 Å². The van der Waals surface area contributed by atoms with Crippen molar-refractivity contribution in [3.63, 3.8) is 0 Å². The monoisotopic (exact) mass is 388 g/mol. The first kappa shape index (κ1) is 20.6. The number of hydrogen-bond acceptors (Lipinski definition) is 5. The number of nitro benzene ring substituents is 1. The minimum Gasteiger partial charge on any atom is -0.377 e. The number of amides is 1. The van der Waals surface area contributed by atoms with Crippen LogP contribution in [0.5, 0.6) is 0 Å². The summed E-state index contributed by atoms with van der Waals surface area (Å²) in [5.74, 6) is 0.937. The minimum atomic E-state index is -0.423. The zero-order valence-electron chi connectivity index (χ0n) is 17.1. The molecule has 1 saturated heterocycles. The van der Waals surface area contributed by atoms with Gasteiger partial charge in [0.05, 0.1) is 4.92 Å². The van der Waals surface area contributed by atoms with E-state index < -0.39 is 4.92 Å². The smallest absolute Gasteiger partial charge is 0.293 e. The van der Waals surface area contributed by atoms with Crippen molar-refractivity contribution in [1.82, 2.24) is 10.2 Å². The van der Waals surface area contributed by atoms with E-state index in [0.717, 1.165) is 31.8 Å². The Morgan fingerprint density at radius 2 is 1.93 bits per heavy atom. The molecule has 7 heteroatoms. The molecular weight excluding hydrogens is 356 g/mol. The number of nitro groups is 1. The Hall–Kier alpha value is -2.15. The zero-order chi connectivity index (χ0) is 20.3. The van der Waals surface area contributed by atoms with Crippen LogP contribution in [-0.2, 0) is 0 Å². The predicted octanol–water partition coefficient (Wildman–Crippen LogP) is 3.66. The molecule has 28 heavy (non-hydrogen) atoms. The molecule has 2 N–H and O–H groups in total. The lowest BCUT2D eigenvalue weighted by molar-refractivity contribution is -0.384. The molecule has 1 amide bonds. The van der Waals surface area contributed by atoms with Crippen LogP contribution in [0.25, 0.3) is 0 Å². The Morgan fingerprint density at radius 1 is 1.25 bits per heavy atom. The van der Waals surface area contributed by atoms with Gasteiger partial charge in [-0.15, -0.1) is 0 Å². The van der Waals surface area contributed by atoms with E-state index in [0.29, 0.717) is 29.8 Å². The molecule has 1 saturated carbocycles. The summed E-state index contributed by atoms with van der Waals surface area (Å²) in [6.07, 6.45) is 4.45. The number of rotatable bonds is 8. The van der Waals surface area contributed by atoms with Crippen LogP contribution in [0.15, 0.2) is 18.2 Å². The molecule has 1 aromatic carbocycles. The summed E-state index contributed by atoms with van der Waals surface area (Å²) in [6.45, 7) is 9.33. The Bertz CT molecular complexity index is 710. The highest BCUT2D eigenvalue weighted by atomic mass is 16.6. The number of carbonyl (C=O) groups excluding carboxylic acids is 1. The zero-order valence-corrected chi connectivity index (χ0v) is 17.1. The Balaban J connectivity index is 1.64. The molecule has 0 bridgehead atoms. The maximum atomic E-state index is 12.7. The SMILES string of the molecule is CC1CCN(C(CNC(=O)c2ccc(NC3CC3)c([N+](=O)[O-])c2)C(C)C)CC1. The van der Waals surface area contributed by atoms with Crippen LogP contribution in [0, 0.1) is 22.0 Å². The van der Waals surface area contributed by atoms with Crippen molar-refractivity contribution in [3.8, 4) is 0 Å². The van der Waals surface area contributed by atoms with Gasteiger partial charge in [0, 0.05) is 30.3 Å². The van der Waals surface area contributed by atoms with E-state index in [9.17, 15) is 14.9 Å². The second-order valence-electron chi connectivity index (χ2n) is 8.65. The highest BCUT2D eigenvalue weighted by molar-refractivity contribution is 5.95. The van der Waals surface area contributed by atoms with Gasteiger partial charge in [0.25, 0.3) is 11.6 Å². The summed E-state index contributed by atoms with van der Waals surface area (Å²) in [5, 5.41) is 17.6. The van der Waals surface area contributed by atoms with Crippen LogP contribution in [0.1, 0.15) is 56.8 Å². The molecule has 2 fully saturated rings. The molecule has 1 aromatic rings. The molecule has 3 rings (SSSR count). The summed E-state index contributed by atoms with van der Waals surface area (Å²) in [5.41, 5.74) is 0.791. The molecule has 0 aromatic heterocycles. The maximum Gasteiger partial charge on any atom is 0.293 e. The highest BCUT2D eigenvalue weighted by Gasteiger charge is 2.27. The fourth-order valence-corrected chi connectivity index (χ4v) is 3.84. The molecule has 1 heterocycles. The molecule has 1 aliphatic heterocycles. The molecule has 1 unspecified atom stereocenters.